The molecule has 0 amide bonds. The Bertz CT molecular complexity index is 1700. The van der Waals surface area contributed by atoms with Crippen molar-refractivity contribution in [2.24, 2.45) is 0 Å². The first-order chi connectivity index (χ1) is 18.1. The Labute approximate surface area is 225 Å². The van der Waals surface area contributed by atoms with E-state index < -0.39 is 0 Å². The number of benzene rings is 4. The van der Waals surface area contributed by atoms with Gasteiger partial charge in [-0.3, -0.25) is 0 Å². The van der Waals surface area contributed by atoms with Crippen molar-refractivity contribution in [3.8, 4) is 22.5 Å². The number of fused-ring (bicyclic) bond motifs is 5. The van der Waals surface area contributed by atoms with Crippen molar-refractivity contribution in [2.45, 2.75) is 52.4 Å². The van der Waals surface area contributed by atoms with Crippen molar-refractivity contribution in [2.75, 3.05) is 0 Å². The molecule has 0 unspecified atom stereocenters. The molecule has 6 aromatic rings. The summed E-state index contributed by atoms with van der Waals surface area (Å²) in [4.78, 5) is 10.5. The van der Waals surface area contributed by atoms with E-state index in [0.717, 1.165) is 55.1 Å². The molecule has 0 aliphatic rings. The minimum atomic E-state index is 0.0837. The molecule has 6 rings (SSSR count). The maximum absolute atomic E-state index is 5.26. The average molecular weight is 495 g/mol. The summed E-state index contributed by atoms with van der Waals surface area (Å²) in [6.45, 7) is 13.5. The van der Waals surface area contributed by atoms with E-state index in [1.807, 2.05) is 0 Å². The van der Waals surface area contributed by atoms with Crippen molar-refractivity contribution in [3.63, 3.8) is 0 Å². The van der Waals surface area contributed by atoms with Gasteiger partial charge in [0.2, 0.25) is 0 Å². The summed E-state index contributed by atoms with van der Waals surface area (Å²) >= 11 is 0. The van der Waals surface area contributed by atoms with Crippen molar-refractivity contribution in [3.05, 3.63) is 108 Å². The second-order valence-corrected chi connectivity index (χ2v) is 12.4. The molecule has 0 spiro atoms. The zero-order valence-electron chi connectivity index (χ0n) is 23.1. The zero-order valence-corrected chi connectivity index (χ0v) is 23.1. The van der Waals surface area contributed by atoms with Crippen LogP contribution in [0.15, 0.2) is 97.1 Å². The molecule has 2 nitrogen and oxygen atoms in total. The van der Waals surface area contributed by atoms with Crippen LogP contribution in [0.4, 0.5) is 0 Å². The van der Waals surface area contributed by atoms with Gasteiger partial charge in [-0.1, -0.05) is 114 Å². The Morgan fingerprint density at radius 3 is 1.26 bits per heavy atom. The lowest BCUT2D eigenvalue weighted by Crippen LogP contribution is -2.10. The van der Waals surface area contributed by atoms with Crippen LogP contribution in [-0.2, 0) is 10.8 Å². The highest BCUT2D eigenvalue weighted by molar-refractivity contribution is 6.18. The smallest absolute Gasteiger partial charge is 0.0809 e. The van der Waals surface area contributed by atoms with E-state index in [2.05, 4.69) is 139 Å². The van der Waals surface area contributed by atoms with Crippen molar-refractivity contribution in [1.29, 1.82) is 0 Å². The fourth-order valence-corrected chi connectivity index (χ4v) is 5.19. The van der Waals surface area contributed by atoms with Gasteiger partial charge in [0.05, 0.1) is 22.4 Å². The molecule has 38 heavy (non-hydrogen) atoms. The van der Waals surface area contributed by atoms with E-state index in [0.29, 0.717) is 0 Å². The van der Waals surface area contributed by atoms with Gasteiger partial charge >= 0.3 is 0 Å². The number of nitrogens with zero attached hydrogens (tertiary/aromatic N) is 2. The Hall–Kier alpha value is -4.04. The molecule has 0 saturated heterocycles. The second-order valence-electron chi connectivity index (χ2n) is 12.4. The van der Waals surface area contributed by atoms with Gasteiger partial charge < -0.3 is 0 Å². The molecule has 0 N–H and O–H groups in total. The van der Waals surface area contributed by atoms with Crippen molar-refractivity contribution in [1.82, 2.24) is 9.97 Å². The molecule has 0 saturated carbocycles. The Morgan fingerprint density at radius 2 is 0.842 bits per heavy atom. The largest absolute Gasteiger partial charge is 0.247 e. The van der Waals surface area contributed by atoms with E-state index in [-0.39, 0.29) is 10.8 Å². The first-order valence-electron chi connectivity index (χ1n) is 13.4. The number of rotatable bonds is 2. The quantitative estimate of drug-likeness (QED) is 0.224. The highest BCUT2D eigenvalue weighted by atomic mass is 14.7. The normalized spacial score (nSPS) is 12.5. The molecule has 0 radical (unpaired) electrons. The van der Waals surface area contributed by atoms with E-state index in [9.17, 15) is 0 Å². The van der Waals surface area contributed by atoms with Crippen molar-refractivity contribution >= 4 is 32.6 Å². The molecule has 0 aliphatic heterocycles. The maximum Gasteiger partial charge on any atom is 0.0809 e. The third-order valence-corrected chi connectivity index (χ3v) is 7.55. The Morgan fingerprint density at radius 1 is 0.447 bits per heavy atom. The highest BCUT2D eigenvalue weighted by Crippen LogP contribution is 2.35. The lowest BCUT2D eigenvalue weighted by molar-refractivity contribution is 0.590. The molecule has 0 fully saturated rings. The fourth-order valence-electron chi connectivity index (χ4n) is 5.19. The van der Waals surface area contributed by atoms with Crippen LogP contribution in [0.5, 0.6) is 0 Å². The summed E-state index contributed by atoms with van der Waals surface area (Å²) < 4.78 is 0. The Kier molecular flexibility index (Phi) is 5.61. The molecule has 2 heterocycles. The SMILES string of the molecule is CC(C)(C)c1cccc(-c2ccc3ccc4ccc5ccc(-c6cccc(C(C)(C)C)c6)nc5c4c3n2)c1. The number of hydrogen-bond donors (Lipinski definition) is 0. The summed E-state index contributed by atoms with van der Waals surface area (Å²) in [5.74, 6) is 0. The minimum absolute atomic E-state index is 0.0837. The van der Waals surface area contributed by atoms with Crippen LogP contribution in [0.3, 0.4) is 0 Å². The Balaban J connectivity index is 1.59. The average Bonchev–Trinajstić information content (AvgIpc) is 2.91. The van der Waals surface area contributed by atoms with Crippen LogP contribution in [0.25, 0.3) is 55.1 Å². The van der Waals surface area contributed by atoms with Gasteiger partial charge in [0.25, 0.3) is 0 Å². The van der Waals surface area contributed by atoms with Gasteiger partial charge in [0.1, 0.15) is 0 Å². The van der Waals surface area contributed by atoms with Crippen LogP contribution in [0.1, 0.15) is 52.7 Å². The molecule has 2 heteroatoms. The molecule has 0 bridgehead atoms. The lowest BCUT2D eigenvalue weighted by atomic mass is 9.86. The van der Waals surface area contributed by atoms with Crippen molar-refractivity contribution < 1.29 is 0 Å². The standard InChI is InChI=1S/C36H34N2/c1-35(2,3)28-11-7-9-26(21-28)30-19-17-24-15-13-23-14-16-25-18-20-31(38-34(25)32(23)33(24)37-30)27-10-8-12-29(22-27)36(4,5)6/h7-22H,1-6H3. The van der Waals surface area contributed by atoms with Gasteiger partial charge in [-0.15, -0.1) is 0 Å². The molecule has 0 aliphatic carbocycles. The van der Waals surface area contributed by atoms with E-state index in [4.69, 9.17) is 9.97 Å². The van der Waals surface area contributed by atoms with Crippen LogP contribution in [0.2, 0.25) is 0 Å². The molecule has 188 valence electrons. The summed E-state index contributed by atoms with van der Waals surface area (Å²) in [6, 6.07) is 34.9. The first-order valence-corrected chi connectivity index (χ1v) is 13.4. The summed E-state index contributed by atoms with van der Waals surface area (Å²) in [5, 5.41) is 4.53. The van der Waals surface area contributed by atoms with Crippen LogP contribution < -0.4 is 0 Å². The number of hydrogen-bond acceptors (Lipinski definition) is 2. The zero-order chi connectivity index (χ0) is 26.7. The van der Waals surface area contributed by atoms with Crippen LogP contribution in [0, 0.1) is 0 Å². The number of pyridine rings is 2. The predicted octanol–water partition coefficient (Wildman–Crippen LogP) is 9.87. The second kappa shape index (κ2) is 8.77. The predicted molar refractivity (Wildman–Crippen MR) is 163 cm³/mol. The lowest BCUT2D eigenvalue weighted by Gasteiger charge is -2.20. The number of aromatic nitrogens is 2. The molecule has 0 atom stereocenters. The molecular weight excluding hydrogens is 460 g/mol. The fraction of sp³-hybridized carbons (Fsp3) is 0.222. The topological polar surface area (TPSA) is 25.8 Å². The van der Waals surface area contributed by atoms with E-state index in [1.165, 1.54) is 11.1 Å². The van der Waals surface area contributed by atoms with Gasteiger partial charge in [-0.2, -0.15) is 0 Å². The van der Waals surface area contributed by atoms with Gasteiger partial charge in [0.15, 0.2) is 0 Å². The third kappa shape index (κ3) is 4.35. The van der Waals surface area contributed by atoms with E-state index >= 15 is 0 Å². The highest BCUT2D eigenvalue weighted by Gasteiger charge is 2.17. The first kappa shape index (κ1) is 24.3. The monoisotopic (exact) mass is 494 g/mol. The third-order valence-electron chi connectivity index (χ3n) is 7.55. The van der Waals surface area contributed by atoms with E-state index in [1.54, 1.807) is 0 Å². The minimum Gasteiger partial charge on any atom is -0.247 e. The van der Waals surface area contributed by atoms with Gasteiger partial charge in [0, 0.05) is 27.3 Å². The summed E-state index contributed by atoms with van der Waals surface area (Å²) in [6.07, 6.45) is 0. The molecule has 2 aromatic heterocycles. The summed E-state index contributed by atoms with van der Waals surface area (Å²) in [5.41, 5.74) is 9.05. The van der Waals surface area contributed by atoms with Gasteiger partial charge in [-0.05, 0) is 51.6 Å². The van der Waals surface area contributed by atoms with Crippen LogP contribution >= 0.6 is 0 Å². The molecule has 4 aromatic carbocycles. The maximum atomic E-state index is 5.26. The summed E-state index contributed by atoms with van der Waals surface area (Å²) in [7, 11) is 0. The van der Waals surface area contributed by atoms with Crippen LogP contribution in [-0.4, -0.2) is 9.97 Å². The molecular formula is C36H34N2. The van der Waals surface area contributed by atoms with Gasteiger partial charge in [-0.25, -0.2) is 9.97 Å².